The van der Waals surface area contributed by atoms with Crippen LogP contribution in [-0.2, 0) is 9.84 Å². The van der Waals surface area contributed by atoms with Gasteiger partial charge in [-0.05, 0) is 44.0 Å². The van der Waals surface area contributed by atoms with E-state index in [4.69, 9.17) is 0 Å². The van der Waals surface area contributed by atoms with E-state index in [9.17, 15) is 13.2 Å². The van der Waals surface area contributed by atoms with Crippen LogP contribution in [0.2, 0.25) is 0 Å². The fraction of sp³-hybridized carbons (Fsp3) is 0.412. The van der Waals surface area contributed by atoms with Crippen LogP contribution in [0, 0.1) is 0 Å². The van der Waals surface area contributed by atoms with E-state index >= 15 is 0 Å². The van der Waals surface area contributed by atoms with Crippen molar-refractivity contribution < 1.29 is 13.2 Å². The molecule has 3 rings (SSSR count). The number of nitrogens with zero attached hydrogens (tertiary/aromatic N) is 3. The second-order valence-corrected chi connectivity index (χ2v) is 8.22. The highest BCUT2D eigenvalue weighted by atomic mass is 32.2. The fourth-order valence-electron chi connectivity index (χ4n) is 3.18. The van der Waals surface area contributed by atoms with Gasteiger partial charge in [0.05, 0.1) is 16.6 Å². The van der Waals surface area contributed by atoms with E-state index in [1.54, 1.807) is 24.4 Å². The van der Waals surface area contributed by atoms with E-state index in [0.29, 0.717) is 17.8 Å². The zero-order valence-electron chi connectivity index (χ0n) is 13.8. The molecule has 1 atom stereocenters. The average Bonchev–Trinajstić information content (AvgIpc) is 3.08. The number of Topliss-reactive ketones (excluding diaryl/α,β-unsaturated/α-hetero) is 1. The van der Waals surface area contributed by atoms with Gasteiger partial charge in [0.2, 0.25) is 0 Å². The van der Waals surface area contributed by atoms with Crippen molar-refractivity contribution >= 4 is 21.3 Å². The minimum Gasteiger partial charge on any atom is -0.368 e. The Hall–Kier alpha value is -2.15. The van der Waals surface area contributed by atoms with Crippen LogP contribution in [0.15, 0.2) is 41.6 Å². The monoisotopic (exact) mass is 347 g/mol. The Kier molecular flexibility index (Phi) is 4.45. The first-order chi connectivity index (χ1) is 11.4. The molecule has 24 heavy (non-hydrogen) atoms. The summed E-state index contributed by atoms with van der Waals surface area (Å²) >= 11 is 0. The van der Waals surface area contributed by atoms with Gasteiger partial charge in [-0.2, -0.15) is 5.10 Å². The lowest BCUT2D eigenvalue weighted by Crippen LogP contribution is -2.37. The Morgan fingerprint density at radius 2 is 2.12 bits per heavy atom. The predicted molar refractivity (Wildman–Crippen MR) is 92.3 cm³/mol. The summed E-state index contributed by atoms with van der Waals surface area (Å²) in [6.07, 6.45) is 6.82. The van der Waals surface area contributed by atoms with Crippen LogP contribution in [0.5, 0.6) is 0 Å². The zero-order valence-corrected chi connectivity index (χ0v) is 14.7. The summed E-state index contributed by atoms with van der Waals surface area (Å²) in [5.74, 6) is -0.0723. The number of sulfone groups is 1. The number of carbonyl (C=O) groups excluding carboxylic acids is 1. The lowest BCUT2D eigenvalue weighted by Gasteiger charge is -2.35. The van der Waals surface area contributed by atoms with Gasteiger partial charge in [0.15, 0.2) is 15.6 Å². The molecule has 0 radical (unpaired) electrons. The smallest absolute Gasteiger partial charge is 0.177 e. The number of carbonyl (C=O) groups is 1. The molecule has 6 nitrogen and oxygen atoms in total. The summed E-state index contributed by atoms with van der Waals surface area (Å²) in [4.78, 5) is 14.0. The standard InChI is InChI=1S/C17H21N3O3S/c1-13(21)14-6-7-17(24(2,22)23)16(11-14)19-9-3-5-15(12-19)20-10-4-8-18-20/h4,6-8,10-11,15H,3,5,9,12H2,1-2H3/t15-/m1/s1. The van der Waals surface area contributed by atoms with Crippen LogP contribution in [0.3, 0.4) is 0 Å². The molecule has 128 valence electrons. The second kappa shape index (κ2) is 6.39. The number of hydrogen-bond acceptors (Lipinski definition) is 5. The lowest BCUT2D eigenvalue weighted by atomic mass is 10.0. The van der Waals surface area contributed by atoms with Gasteiger partial charge in [-0.25, -0.2) is 8.42 Å². The van der Waals surface area contributed by atoms with E-state index in [-0.39, 0.29) is 16.7 Å². The Bertz CT molecular complexity index is 844. The Morgan fingerprint density at radius 1 is 1.33 bits per heavy atom. The molecular formula is C17H21N3O3S. The first-order valence-corrected chi connectivity index (χ1v) is 9.84. The molecule has 0 aliphatic carbocycles. The maximum atomic E-state index is 12.2. The number of piperidine rings is 1. The van der Waals surface area contributed by atoms with E-state index < -0.39 is 9.84 Å². The average molecular weight is 347 g/mol. The van der Waals surface area contributed by atoms with Gasteiger partial charge in [0.1, 0.15) is 0 Å². The van der Waals surface area contributed by atoms with Crippen molar-refractivity contribution in [1.29, 1.82) is 0 Å². The maximum absolute atomic E-state index is 12.2. The lowest BCUT2D eigenvalue weighted by molar-refractivity contribution is 0.101. The summed E-state index contributed by atoms with van der Waals surface area (Å²) in [6, 6.07) is 6.90. The van der Waals surface area contributed by atoms with Crippen LogP contribution >= 0.6 is 0 Å². The molecule has 1 aliphatic heterocycles. The van der Waals surface area contributed by atoms with Crippen molar-refractivity contribution in [3.63, 3.8) is 0 Å². The van der Waals surface area contributed by atoms with Crippen molar-refractivity contribution in [2.75, 3.05) is 24.2 Å². The van der Waals surface area contributed by atoms with Gasteiger partial charge in [0.25, 0.3) is 0 Å². The van der Waals surface area contributed by atoms with E-state index in [0.717, 1.165) is 19.4 Å². The number of rotatable bonds is 4. The SMILES string of the molecule is CC(=O)c1ccc(S(C)(=O)=O)c(N2CCC[C@@H](n3cccn3)C2)c1. The highest BCUT2D eigenvalue weighted by molar-refractivity contribution is 7.90. The van der Waals surface area contributed by atoms with Gasteiger partial charge in [-0.15, -0.1) is 0 Å². The van der Waals surface area contributed by atoms with Crippen LogP contribution in [-0.4, -0.2) is 43.3 Å². The molecule has 1 aliphatic rings. The largest absolute Gasteiger partial charge is 0.368 e. The highest BCUT2D eigenvalue weighted by Gasteiger charge is 2.26. The van der Waals surface area contributed by atoms with Crippen LogP contribution in [0.4, 0.5) is 5.69 Å². The molecule has 2 aromatic rings. The normalized spacial score (nSPS) is 18.6. The molecule has 1 aromatic heterocycles. The Labute approximate surface area is 142 Å². The van der Waals surface area contributed by atoms with Crippen molar-refractivity contribution in [3.8, 4) is 0 Å². The quantitative estimate of drug-likeness (QED) is 0.794. The molecule has 0 amide bonds. The van der Waals surface area contributed by atoms with Crippen LogP contribution in [0.1, 0.15) is 36.2 Å². The topological polar surface area (TPSA) is 72.3 Å². The van der Waals surface area contributed by atoms with Gasteiger partial charge in [-0.1, -0.05) is 0 Å². The van der Waals surface area contributed by atoms with E-state index in [1.807, 2.05) is 16.9 Å². The van der Waals surface area contributed by atoms with E-state index in [1.165, 1.54) is 13.2 Å². The van der Waals surface area contributed by atoms with Crippen LogP contribution in [0.25, 0.3) is 0 Å². The molecule has 0 bridgehead atoms. The van der Waals surface area contributed by atoms with Gasteiger partial charge in [-0.3, -0.25) is 9.48 Å². The second-order valence-electron chi connectivity index (χ2n) is 6.24. The minimum absolute atomic E-state index is 0.0723. The van der Waals surface area contributed by atoms with E-state index in [2.05, 4.69) is 10.00 Å². The molecule has 0 saturated carbocycles. The fourth-order valence-corrected chi connectivity index (χ4v) is 4.07. The third-order valence-corrected chi connectivity index (χ3v) is 5.55. The van der Waals surface area contributed by atoms with Gasteiger partial charge < -0.3 is 4.90 Å². The first-order valence-electron chi connectivity index (χ1n) is 7.95. The number of ketones is 1. The molecule has 1 aromatic carbocycles. The van der Waals surface area contributed by atoms with Gasteiger partial charge in [0, 0.05) is 37.3 Å². The Morgan fingerprint density at radius 3 is 2.75 bits per heavy atom. The molecule has 1 fully saturated rings. The number of aromatic nitrogens is 2. The number of hydrogen-bond donors (Lipinski definition) is 0. The number of benzene rings is 1. The summed E-state index contributed by atoms with van der Waals surface area (Å²) in [5, 5.41) is 4.30. The molecular weight excluding hydrogens is 326 g/mol. The highest BCUT2D eigenvalue weighted by Crippen LogP contribution is 2.32. The number of anilines is 1. The molecule has 2 heterocycles. The summed E-state index contributed by atoms with van der Waals surface area (Å²) in [7, 11) is -3.37. The predicted octanol–water partition coefficient (Wildman–Crippen LogP) is 2.33. The third kappa shape index (κ3) is 3.36. The minimum atomic E-state index is -3.37. The summed E-state index contributed by atoms with van der Waals surface area (Å²) in [6.45, 7) is 2.93. The summed E-state index contributed by atoms with van der Waals surface area (Å²) < 4.78 is 26.2. The van der Waals surface area contributed by atoms with Crippen molar-refractivity contribution in [2.24, 2.45) is 0 Å². The third-order valence-electron chi connectivity index (χ3n) is 4.40. The van der Waals surface area contributed by atoms with Crippen molar-refractivity contribution in [2.45, 2.75) is 30.7 Å². The first kappa shape index (κ1) is 16.7. The maximum Gasteiger partial charge on any atom is 0.177 e. The van der Waals surface area contributed by atoms with Gasteiger partial charge >= 0.3 is 0 Å². The van der Waals surface area contributed by atoms with Crippen molar-refractivity contribution in [1.82, 2.24) is 9.78 Å². The molecule has 0 spiro atoms. The molecule has 0 N–H and O–H groups in total. The Balaban J connectivity index is 2.00. The van der Waals surface area contributed by atoms with Crippen LogP contribution < -0.4 is 4.90 Å². The molecule has 7 heteroatoms. The van der Waals surface area contributed by atoms with Crippen molar-refractivity contribution in [3.05, 3.63) is 42.2 Å². The molecule has 1 saturated heterocycles. The zero-order chi connectivity index (χ0) is 17.3. The molecule has 0 unspecified atom stereocenters. The summed E-state index contributed by atoms with van der Waals surface area (Å²) in [5.41, 5.74) is 1.14.